The Morgan fingerprint density at radius 3 is 1.90 bits per heavy atom. The molecule has 0 bridgehead atoms. The Kier molecular flexibility index (Phi) is 11.5. The van der Waals surface area contributed by atoms with Crippen LogP contribution in [0.2, 0.25) is 0 Å². The number of aliphatic hydroxyl groups is 1. The molecule has 4 unspecified atom stereocenters. The summed E-state index contributed by atoms with van der Waals surface area (Å²) in [6, 6.07) is -4.73. The Hall–Kier alpha value is -2.73. The first-order valence-electron chi connectivity index (χ1n) is 9.17. The summed E-state index contributed by atoms with van der Waals surface area (Å²) in [5.74, 6) is -4.22. The molecule has 0 aliphatic carbocycles. The summed E-state index contributed by atoms with van der Waals surface area (Å²) in [5.41, 5.74) is 10.7. The van der Waals surface area contributed by atoms with Crippen LogP contribution in [0, 0.1) is 5.92 Å². The summed E-state index contributed by atoms with van der Waals surface area (Å²) < 4.78 is 0. The van der Waals surface area contributed by atoms with Gasteiger partial charge >= 0.3 is 5.97 Å². The van der Waals surface area contributed by atoms with E-state index in [1.165, 1.54) is 6.92 Å². The third-order valence-electron chi connectivity index (χ3n) is 3.92. The van der Waals surface area contributed by atoms with Gasteiger partial charge in [-0.05, 0) is 25.7 Å². The number of amides is 4. The molecule has 0 aliphatic rings. The number of hydrogen-bond acceptors (Lipinski definition) is 7. The van der Waals surface area contributed by atoms with Crippen LogP contribution in [0.1, 0.15) is 40.0 Å². The van der Waals surface area contributed by atoms with Crippen LogP contribution in [0.5, 0.6) is 0 Å². The maximum Gasteiger partial charge on any atom is 0.326 e. The van der Waals surface area contributed by atoms with Crippen molar-refractivity contribution in [2.75, 3.05) is 6.61 Å². The van der Waals surface area contributed by atoms with Crippen LogP contribution >= 0.6 is 0 Å². The number of aliphatic hydroxyl groups excluding tert-OH is 1. The van der Waals surface area contributed by atoms with Gasteiger partial charge in [0.25, 0.3) is 0 Å². The Balaban J connectivity index is 4.80. The highest BCUT2D eigenvalue weighted by atomic mass is 16.4. The smallest absolute Gasteiger partial charge is 0.326 e. The van der Waals surface area contributed by atoms with Crippen LogP contribution in [0.4, 0.5) is 0 Å². The second-order valence-corrected chi connectivity index (χ2v) is 7.11. The van der Waals surface area contributed by atoms with Crippen LogP contribution in [0.3, 0.4) is 0 Å². The summed E-state index contributed by atoms with van der Waals surface area (Å²) in [7, 11) is 0. The first-order valence-corrected chi connectivity index (χ1v) is 9.17. The predicted molar refractivity (Wildman–Crippen MR) is 102 cm³/mol. The molecule has 12 nitrogen and oxygen atoms in total. The highest BCUT2D eigenvalue weighted by Gasteiger charge is 2.28. The van der Waals surface area contributed by atoms with E-state index in [1.54, 1.807) is 0 Å². The lowest BCUT2D eigenvalue weighted by Gasteiger charge is -2.22. The van der Waals surface area contributed by atoms with Crippen LogP contribution in [-0.4, -0.2) is 70.6 Å². The highest BCUT2D eigenvalue weighted by Crippen LogP contribution is 2.03. The molecule has 0 saturated heterocycles. The van der Waals surface area contributed by atoms with Gasteiger partial charge in [0.2, 0.25) is 23.6 Å². The topological polar surface area (TPSA) is 214 Å². The first-order chi connectivity index (χ1) is 13.4. The summed E-state index contributed by atoms with van der Waals surface area (Å²) in [6.45, 7) is 4.31. The van der Waals surface area contributed by atoms with Gasteiger partial charge in [0, 0.05) is 6.42 Å². The molecule has 0 saturated carbocycles. The molecule has 0 aromatic heterocycles. The zero-order valence-electron chi connectivity index (χ0n) is 16.8. The lowest BCUT2D eigenvalue weighted by atomic mass is 10.0. The van der Waals surface area contributed by atoms with Crippen LogP contribution in [0.15, 0.2) is 0 Å². The van der Waals surface area contributed by atoms with Gasteiger partial charge in [-0.2, -0.15) is 0 Å². The van der Waals surface area contributed by atoms with Crippen molar-refractivity contribution in [3.63, 3.8) is 0 Å². The van der Waals surface area contributed by atoms with Gasteiger partial charge in [-0.15, -0.1) is 0 Å². The SMILES string of the molecule is CC(C)CC(N)C(=O)NC(CO)C(=O)NC(C)C(=O)NC(CCC(N)=O)C(=O)O. The quantitative estimate of drug-likeness (QED) is 0.165. The Labute approximate surface area is 168 Å². The maximum absolute atomic E-state index is 12.2. The zero-order chi connectivity index (χ0) is 22.7. The van der Waals surface area contributed by atoms with Crippen molar-refractivity contribution < 1.29 is 34.2 Å². The van der Waals surface area contributed by atoms with Crippen molar-refractivity contribution in [2.24, 2.45) is 17.4 Å². The molecular formula is C17H31N5O7. The molecular weight excluding hydrogens is 386 g/mol. The number of primary amides is 1. The van der Waals surface area contributed by atoms with E-state index >= 15 is 0 Å². The molecule has 0 radical (unpaired) electrons. The highest BCUT2D eigenvalue weighted by molar-refractivity contribution is 5.94. The number of nitrogens with two attached hydrogens (primary N) is 2. The van der Waals surface area contributed by atoms with Crippen molar-refractivity contribution in [2.45, 2.75) is 64.2 Å². The summed E-state index contributed by atoms with van der Waals surface area (Å²) in [5, 5.41) is 25.2. The third kappa shape index (κ3) is 10.4. The lowest BCUT2D eigenvalue weighted by Crippen LogP contribution is -2.57. The molecule has 9 N–H and O–H groups in total. The number of carbonyl (C=O) groups excluding carboxylic acids is 4. The van der Waals surface area contributed by atoms with Gasteiger partial charge in [-0.1, -0.05) is 13.8 Å². The fraction of sp³-hybridized carbons (Fsp3) is 0.706. The van der Waals surface area contributed by atoms with Crippen molar-refractivity contribution in [1.82, 2.24) is 16.0 Å². The third-order valence-corrected chi connectivity index (χ3v) is 3.92. The molecule has 0 rings (SSSR count). The average Bonchev–Trinajstić information content (AvgIpc) is 2.61. The summed E-state index contributed by atoms with van der Waals surface area (Å²) in [4.78, 5) is 58.3. The summed E-state index contributed by atoms with van der Waals surface area (Å²) in [6.07, 6.45) is -0.0698. The van der Waals surface area contributed by atoms with E-state index in [0.29, 0.717) is 6.42 Å². The molecule has 0 fully saturated rings. The van der Waals surface area contributed by atoms with E-state index in [0.717, 1.165) is 0 Å². The van der Waals surface area contributed by atoms with Gasteiger partial charge in [0.1, 0.15) is 18.1 Å². The zero-order valence-corrected chi connectivity index (χ0v) is 16.8. The number of carboxylic acid groups (broad SMARTS) is 1. The van der Waals surface area contributed by atoms with Crippen LogP contribution < -0.4 is 27.4 Å². The van der Waals surface area contributed by atoms with Crippen molar-refractivity contribution in [1.29, 1.82) is 0 Å². The molecule has 4 amide bonds. The average molecular weight is 417 g/mol. The molecule has 0 aliphatic heterocycles. The summed E-state index contributed by atoms with van der Waals surface area (Å²) >= 11 is 0. The Morgan fingerprint density at radius 1 is 0.897 bits per heavy atom. The minimum absolute atomic E-state index is 0.151. The minimum Gasteiger partial charge on any atom is -0.480 e. The second-order valence-electron chi connectivity index (χ2n) is 7.11. The number of rotatable bonds is 13. The van der Waals surface area contributed by atoms with Crippen molar-refractivity contribution in [3.05, 3.63) is 0 Å². The van der Waals surface area contributed by atoms with Gasteiger partial charge in [0.15, 0.2) is 0 Å². The van der Waals surface area contributed by atoms with Crippen molar-refractivity contribution >= 4 is 29.6 Å². The van der Waals surface area contributed by atoms with E-state index < -0.39 is 60.4 Å². The van der Waals surface area contributed by atoms with Gasteiger partial charge in [0.05, 0.1) is 12.6 Å². The van der Waals surface area contributed by atoms with Gasteiger partial charge in [-0.25, -0.2) is 4.79 Å². The van der Waals surface area contributed by atoms with E-state index in [2.05, 4.69) is 16.0 Å². The molecule has 12 heteroatoms. The van der Waals surface area contributed by atoms with Gasteiger partial charge < -0.3 is 37.6 Å². The van der Waals surface area contributed by atoms with E-state index in [4.69, 9.17) is 16.6 Å². The normalized spacial score (nSPS) is 15.0. The number of nitrogens with one attached hydrogen (secondary N) is 3. The Bertz CT molecular complexity index is 611. The molecule has 0 aromatic carbocycles. The number of aliphatic carboxylic acids is 1. The predicted octanol–water partition coefficient (Wildman–Crippen LogP) is -2.82. The maximum atomic E-state index is 12.2. The first kappa shape index (κ1) is 26.3. The molecule has 166 valence electrons. The Morgan fingerprint density at radius 2 is 1.45 bits per heavy atom. The fourth-order valence-electron chi connectivity index (χ4n) is 2.31. The van der Waals surface area contributed by atoms with Gasteiger partial charge in [-0.3, -0.25) is 19.2 Å². The van der Waals surface area contributed by atoms with E-state index in [1.807, 2.05) is 13.8 Å². The standard InChI is InChI=1S/C17H31N5O7/c1-8(2)6-10(18)15(26)22-12(7-23)16(27)20-9(3)14(25)21-11(17(28)29)4-5-13(19)24/h8-12,23H,4-7,18H2,1-3H3,(H2,19,24)(H,20,27)(H,21,25)(H,22,26)(H,28,29). The second kappa shape index (κ2) is 12.7. The minimum atomic E-state index is -1.36. The largest absolute Gasteiger partial charge is 0.480 e. The monoisotopic (exact) mass is 417 g/mol. The fourth-order valence-corrected chi connectivity index (χ4v) is 2.31. The number of carbonyl (C=O) groups is 5. The molecule has 0 spiro atoms. The van der Waals surface area contributed by atoms with Crippen LogP contribution in [-0.2, 0) is 24.0 Å². The van der Waals surface area contributed by atoms with Crippen LogP contribution in [0.25, 0.3) is 0 Å². The molecule has 4 atom stereocenters. The van der Waals surface area contributed by atoms with E-state index in [9.17, 15) is 29.1 Å². The number of carboxylic acids is 1. The molecule has 0 heterocycles. The van der Waals surface area contributed by atoms with Crippen molar-refractivity contribution in [3.8, 4) is 0 Å². The van der Waals surface area contributed by atoms with E-state index in [-0.39, 0.29) is 18.8 Å². The molecule has 29 heavy (non-hydrogen) atoms. The lowest BCUT2D eigenvalue weighted by molar-refractivity contribution is -0.142. The number of hydrogen-bond donors (Lipinski definition) is 7. The molecule has 0 aromatic rings.